The van der Waals surface area contributed by atoms with Crippen LogP contribution in [0.1, 0.15) is 37.3 Å². The van der Waals surface area contributed by atoms with Crippen molar-refractivity contribution in [1.82, 2.24) is 0 Å². The molecule has 4 heteroatoms. The van der Waals surface area contributed by atoms with Crippen molar-refractivity contribution in [3.8, 4) is 0 Å². The maximum atomic E-state index is 9.25. The molecule has 0 saturated heterocycles. The van der Waals surface area contributed by atoms with Crippen LogP contribution in [0.3, 0.4) is 0 Å². The summed E-state index contributed by atoms with van der Waals surface area (Å²) in [6.07, 6.45) is 4.93. The fraction of sp³-hybridized carbons (Fsp3) is 0.429. The van der Waals surface area contributed by atoms with Crippen LogP contribution in [0.2, 0.25) is 0 Å². The molecule has 0 aliphatic heterocycles. The fourth-order valence-electron chi connectivity index (χ4n) is 2.57. The first-order valence-electron chi connectivity index (χ1n) is 8.95. The average Bonchev–Trinajstić information content (AvgIpc) is 2.66. The van der Waals surface area contributed by atoms with Gasteiger partial charge in [0.25, 0.3) is 0 Å². The lowest BCUT2D eigenvalue weighted by atomic mass is 9.94. The number of aliphatic hydroxyl groups is 2. The van der Waals surface area contributed by atoms with E-state index in [0.29, 0.717) is 6.42 Å². The first-order chi connectivity index (χ1) is 12.1. The molecule has 136 valence electrons. The molecule has 3 nitrogen and oxygen atoms in total. The van der Waals surface area contributed by atoms with Gasteiger partial charge in [-0.25, -0.2) is 0 Å². The van der Waals surface area contributed by atoms with Crippen LogP contribution in [0.5, 0.6) is 0 Å². The summed E-state index contributed by atoms with van der Waals surface area (Å²) in [5.74, 6) is 0. The largest absolute Gasteiger partial charge is 0.394 e. The van der Waals surface area contributed by atoms with E-state index >= 15 is 0 Å². The highest BCUT2D eigenvalue weighted by molar-refractivity contribution is 7.99. The molecule has 0 bridgehead atoms. The van der Waals surface area contributed by atoms with Crippen LogP contribution < -0.4 is 5.73 Å². The van der Waals surface area contributed by atoms with E-state index in [2.05, 4.69) is 55.5 Å². The summed E-state index contributed by atoms with van der Waals surface area (Å²) in [5, 5.41) is 18.5. The van der Waals surface area contributed by atoms with Crippen LogP contribution in [0.4, 0.5) is 0 Å². The summed E-state index contributed by atoms with van der Waals surface area (Å²) in [7, 11) is 0. The quantitative estimate of drug-likeness (QED) is 0.604. The van der Waals surface area contributed by atoms with Gasteiger partial charge in [-0.1, -0.05) is 49.4 Å². The van der Waals surface area contributed by atoms with Gasteiger partial charge in [0, 0.05) is 9.79 Å². The summed E-state index contributed by atoms with van der Waals surface area (Å²) in [6, 6.07) is 17.2. The molecule has 2 rings (SSSR count). The molecular formula is C21H29NO2S. The molecule has 0 heterocycles. The van der Waals surface area contributed by atoms with Gasteiger partial charge in [-0.3, -0.25) is 0 Å². The van der Waals surface area contributed by atoms with E-state index in [4.69, 9.17) is 5.73 Å². The molecule has 0 saturated carbocycles. The Balaban J connectivity index is 1.89. The zero-order chi connectivity index (χ0) is 18.1. The van der Waals surface area contributed by atoms with Gasteiger partial charge in [-0.2, -0.15) is 0 Å². The van der Waals surface area contributed by atoms with Crippen LogP contribution in [0, 0.1) is 0 Å². The minimum absolute atomic E-state index is 0.203. The lowest BCUT2D eigenvalue weighted by Crippen LogP contribution is -2.47. The van der Waals surface area contributed by atoms with Crippen molar-refractivity contribution in [2.45, 2.75) is 54.4 Å². The molecule has 0 fully saturated rings. The Hall–Kier alpha value is -1.33. The number of hydrogen-bond donors (Lipinski definition) is 3. The Labute approximate surface area is 155 Å². The second-order valence-corrected chi connectivity index (χ2v) is 7.82. The van der Waals surface area contributed by atoms with Gasteiger partial charge >= 0.3 is 0 Å². The monoisotopic (exact) mass is 359 g/mol. The van der Waals surface area contributed by atoms with Crippen LogP contribution in [-0.4, -0.2) is 29.0 Å². The van der Waals surface area contributed by atoms with Crippen molar-refractivity contribution in [1.29, 1.82) is 0 Å². The van der Waals surface area contributed by atoms with E-state index in [-0.39, 0.29) is 13.2 Å². The summed E-state index contributed by atoms with van der Waals surface area (Å²) >= 11 is 1.76. The molecule has 4 N–H and O–H groups in total. The standard InChI is InChI=1S/C21H29NO2S/c1-2-3-4-17-5-9-19(10-6-17)25-20-11-7-18(8-12-20)13-14-21(22,15-23)16-24/h5-12,23-24H,2-4,13-16,22H2,1H3. The Morgan fingerprint density at radius 2 is 1.32 bits per heavy atom. The molecule has 0 aliphatic rings. The Morgan fingerprint density at radius 1 is 0.840 bits per heavy atom. The second-order valence-electron chi connectivity index (χ2n) is 6.67. The normalized spacial score (nSPS) is 11.7. The van der Waals surface area contributed by atoms with Crippen molar-refractivity contribution in [2.24, 2.45) is 5.73 Å². The zero-order valence-electron chi connectivity index (χ0n) is 14.9. The van der Waals surface area contributed by atoms with Crippen molar-refractivity contribution in [3.05, 3.63) is 59.7 Å². The number of aliphatic hydroxyl groups excluding tert-OH is 2. The molecule has 2 aromatic carbocycles. The van der Waals surface area contributed by atoms with Crippen LogP contribution in [0.15, 0.2) is 58.3 Å². The lowest BCUT2D eigenvalue weighted by molar-refractivity contribution is 0.115. The molecule has 0 unspecified atom stereocenters. The predicted octanol–water partition coefficient (Wildman–Crippen LogP) is 3.80. The molecule has 0 radical (unpaired) electrons. The fourth-order valence-corrected chi connectivity index (χ4v) is 3.38. The summed E-state index contributed by atoms with van der Waals surface area (Å²) in [5.41, 5.74) is 7.58. The molecule has 0 aromatic heterocycles. The first-order valence-corrected chi connectivity index (χ1v) is 9.76. The third-order valence-electron chi connectivity index (χ3n) is 4.44. The van der Waals surface area contributed by atoms with E-state index in [1.807, 2.05) is 0 Å². The third kappa shape index (κ3) is 6.48. The van der Waals surface area contributed by atoms with Crippen LogP contribution in [-0.2, 0) is 12.8 Å². The summed E-state index contributed by atoms with van der Waals surface area (Å²) < 4.78 is 0. The minimum atomic E-state index is -0.896. The Kier molecular flexibility index (Phi) is 7.97. The Morgan fingerprint density at radius 3 is 1.76 bits per heavy atom. The van der Waals surface area contributed by atoms with Gasteiger partial charge in [0.05, 0.1) is 18.8 Å². The maximum Gasteiger partial charge on any atom is 0.0633 e. The molecule has 2 aromatic rings. The smallest absolute Gasteiger partial charge is 0.0633 e. The number of aryl methyl sites for hydroxylation is 2. The second kappa shape index (κ2) is 9.97. The van der Waals surface area contributed by atoms with Crippen molar-refractivity contribution < 1.29 is 10.2 Å². The van der Waals surface area contributed by atoms with E-state index in [0.717, 1.165) is 18.4 Å². The van der Waals surface area contributed by atoms with E-state index in [1.165, 1.54) is 28.2 Å². The molecule has 0 atom stereocenters. The number of hydrogen-bond acceptors (Lipinski definition) is 4. The predicted molar refractivity (Wildman–Crippen MR) is 105 cm³/mol. The maximum absolute atomic E-state index is 9.25. The van der Waals surface area contributed by atoms with Crippen molar-refractivity contribution in [3.63, 3.8) is 0 Å². The summed E-state index contributed by atoms with van der Waals surface area (Å²) in [6.45, 7) is 1.81. The highest BCUT2D eigenvalue weighted by Gasteiger charge is 2.22. The summed E-state index contributed by atoms with van der Waals surface area (Å²) in [4.78, 5) is 2.45. The van der Waals surface area contributed by atoms with Crippen LogP contribution >= 0.6 is 11.8 Å². The molecular weight excluding hydrogens is 330 g/mol. The van der Waals surface area contributed by atoms with Gasteiger partial charge in [-0.15, -0.1) is 0 Å². The lowest BCUT2D eigenvalue weighted by Gasteiger charge is -2.24. The van der Waals surface area contributed by atoms with Crippen molar-refractivity contribution in [2.75, 3.05) is 13.2 Å². The number of nitrogens with two attached hydrogens (primary N) is 1. The van der Waals surface area contributed by atoms with Gasteiger partial charge in [0.1, 0.15) is 0 Å². The zero-order valence-corrected chi connectivity index (χ0v) is 15.8. The molecule has 0 amide bonds. The number of rotatable bonds is 10. The van der Waals surface area contributed by atoms with E-state index in [1.54, 1.807) is 11.8 Å². The third-order valence-corrected chi connectivity index (χ3v) is 5.46. The van der Waals surface area contributed by atoms with E-state index < -0.39 is 5.54 Å². The molecule has 0 aliphatic carbocycles. The van der Waals surface area contributed by atoms with Gasteiger partial charge < -0.3 is 15.9 Å². The van der Waals surface area contributed by atoms with Gasteiger partial charge in [-0.05, 0) is 61.1 Å². The topological polar surface area (TPSA) is 66.5 Å². The Bertz CT molecular complexity index is 621. The molecule has 0 spiro atoms. The average molecular weight is 360 g/mol. The number of benzene rings is 2. The van der Waals surface area contributed by atoms with Gasteiger partial charge in [0.2, 0.25) is 0 Å². The highest BCUT2D eigenvalue weighted by atomic mass is 32.2. The van der Waals surface area contributed by atoms with E-state index in [9.17, 15) is 10.2 Å². The van der Waals surface area contributed by atoms with Crippen LogP contribution in [0.25, 0.3) is 0 Å². The SMILES string of the molecule is CCCCc1ccc(Sc2ccc(CCC(N)(CO)CO)cc2)cc1. The van der Waals surface area contributed by atoms with Gasteiger partial charge in [0.15, 0.2) is 0 Å². The first kappa shape index (κ1) is 20.0. The molecule has 25 heavy (non-hydrogen) atoms. The number of unbranched alkanes of at least 4 members (excludes halogenated alkanes) is 1. The van der Waals surface area contributed by atoms with Crippen molar-refractivity contribution >= 4 is 11.8 Å². The minimum Gasteiger partial charge on any atom is -0.394 e. The highest BCUT2D eigenvalue weighted by Crippen LogP contribution is 2.28.